The molecule has 0 atom stereocenters. The lowest BCUT2D eigenvalue weighted by Crippen LogP contribution is -2.08. The predicted molar refractivity (Wildman–Crippen MR) is 54.4 cm³/mol. The molecule has 3 nitrogen and oxygen atoms in total. The van der Waals surface area contributed by atoms with E-state index in [0.29, 0.717) is 4.88 Å². The van der Waals surface area contributed by atoms with Crippen molar-refractivity contribution in [3.63, 3.8) is 0 Å². The highest BCUT2D eigenvalue weighted by molar-refractivity contribution is 7.12. The third-order valence-electron chi connectivity index (χ3n) is 1.44. The molecule has 0 saturated heterocycles. The standard InChI is InChI=1S/C8H6N2OS2/c11-8(7-2-1-3-12-7)10-6-4-9-13-5-6/h1-5H,(H,10,11). The van der Waals surface area contributed by atoms with E-state index >= 15 is 0 Å². The third kappa shape index (κ3) is 1.93. The molecule has 5 heteroatoms. The number of hydrogen-bond acceptors (Lipinski definition) is 4. The van der Waals surface area contributed by atoms with Crippen LogP contribution >= 0.6 is 22.9 Å². The van der Waals surface area contributed by atoms with Crippen LogP contribution in [0.25, 0.3) is 0 Å². The number of nitrogens with zero attached hydrogens (tertiary/aromatic N) is 1. The summed E-state index contributed by atoms with van der Waals surface area (Å²) in [5.74, 6) is -0.0739. The maximum Gasteiger partial charge on any atom is 0.265 e. The van der Waals surface area contributed by atoms with E-state index in [9.17, 15) is 4.79 Å². The van der Waals surface area contributed by atoms with Crippen LogP contribution in [-0.2, 0) is 0 Å². The van der Waals surface area contributed by atoms with Crippen molar-refractivity contribution in [3.05, 3.63) is 34.0 Å². The van der Waals surface area contributed by atoms with Gasteiger partial charge in [-0.1, -0.05) is 6.07 Å². The van der Waals surface area contributed by atoms with Crippen molar-refractivity contribution < 1.29 is 4.79 Å². The Morgan fingerprint density at radius 1 is 1.54 bits per heavy atom. The van der Waals surface area contributed by atoms with Gasteiger partial charge in [0.05, 0.1) is 16.8 Å². The summed E-state index contributed by atoms with van der Waals surface area (Å²) >= 11 is 2.74. The predicted octanol–water partition coefficient (Wildman–Crippen LogP) is 2.46. The molecule has 2 rings (SSSR count). The minimum Gasteiger partial charge on any atom is -0.319 e. The molecule has 1 N–H and O–H groups in total. The molecule has 66 valence electrons. The summed E-state index contributed by atoms with van der Waals surface area (Å²) in [6.07, 6.45) is 1.64. The quantitative estimate of drug-likeness (QED) is 0.827. The number of anilines is 1. The fourth-order valence-corrected chi connectivity index (χ4v) is 1.95. The van der Waals surface area contributed by atoms with Gasteiger partial charge in [-0.25, -0.2) is 0 Å². The van der Waals surface area contributed by atoms with Gasteiger partial charge in [-0.2, -0.15) is 4.37 Å². The largest absolute Gasteiger partial charge is 0.319 e. The molecule has 0 aliphatic rings. The molecular formula is C8H6N2OS2. The van der Waals surface area contributed by atoms with Crippen LogP contribution < -0.4 is 5.32 Å². The highest BCUT2D eigenvalue weighted by atomic mass is 32.1. The molecule has 0 bridgehead atoms. The Morgan fingerprint density at radius 2 is 2.46 bits per heavy atom. The van der Waals surface area contributed by atoms with Crippen LogP contribution in [-0.4, -0.2) is 10.3 Å². The van der Waals surface area contributed by atoms with Crippen LogP contribution in [0.4, 0.5) is 5.69 Å². The maximum atomic E-state index is 11.4. The first-order valence-electron chi connectivity index (χ1n) is 3.60. The molecule has 2 aromatic rings. The Hall–Kier alpha value is -1.20. The molecule has 0 radical (unpaired) electrons. The van der Waals surface area contributed by atoms with Crippen molar-refractivity contribution in [1.82, 2.24) is 4.37 Å². The van der Waals surface area contributed by atoms with Gasteiger partial charge in [0, 0.05) is 5.38 Å². The monoisotopic (exact) mass is 210 g/mol. The number of hydrogen-bond donors (Lipinski definition) is 1. The first-order valence-corrected chi connectivity index (χ1v) is 5.32. The van der Waals surface area contributed by atoms with Crippen LogP contribution in [0.5, 0.6) is 0 Å². The van der Waals surface area contributed by atoms with Crippen LogP contribution in [0.1, 0.15) is 9.67 Å². The first-order chi connectivity index (χ1) is 6.36. The van der Waals surface area contributed by atoms with Gasteiger partial charge >= 0.3 is 0 Å². The van der Waals surface area contributed by atoms with Gasteiger partial charge < -0.3 is 5.32 Å². The summed E-state index contributed by atoms with van der Waals surface area (Å²) in [7, 11) is 0. The highest BCUT2D eigenvalue weighted by Gasteiger charge is 2.06. The second-order valence-electron chi connectivity index (χ2n) is 2.34. The van der Waals surface area contributed by atoms with Crippen molar-refractivity contribution >= 4 is 34.5 Å². The zero-order chi connectivity index (χ0) is 9.10. The molecule has 0 saturated carbocycles. The lowest BCUT2D eigenvalue weighted by Gasteiger charge is -1.97. The molecule has 2 aromatic heterocycles. The van der Waals surface area contributed by atoms with Crippen molar-refractivity contribution in [2.45, 2.75) is 0 Å². The van der Waals surface area contributed by atoms with Crippen molar-refractivity contribution in [2.75, 3.05) is 5.32 Å². The molecule has 1 amide bonds. The summed E-state index contributed by atoms with van der Waals surface area (Å²) in [6, 6.07) is 3.64. The normalized spacial score (nSPS) is 9.85. The van der Waals surface area contributed by atoms with E-state index in [0.717, 1.165) is 5.69 Å². The van der Waals surface area contributed by atoms with Gasteiger partial charge in [-0.15, -0.1) is 11.3 Å². The number of aromatic nitrogens is 1. The number of rotatable bonds is 2. The van der Waals surface area contributed by atoms with E-state index in [-0.39, 0.29) is 5.91 Å². The summed E-state index contributed by atoms with van der Waals surface area (Å²) in [5, 5.41) is 6.42. The lowest BCUT2D eigenvalue weighted by atomic mass is 10.4. The van der Waals surface area contributed by atoms with Gasteiger partial charge in [0.15, 0.2) is 0 Å². The fraction of sp³-hybridized carbons (Fsp3) is 0. The van der Waals surface area contributed by atoms with Crippen molar-refractivity contribution in [1.29, 1.82) is 0 Å². The minimum absolute atomic E-state index is 0.0739. The molecule has 0 aromatic carbocycles. The number of carbonyl (C=O) groups is 1. The molecule has 0 unspecified atom stereocenters. The van der Waals surface area contributed by atoms with Gasteiger partial charge in [-0.05, 0) is 23.0 Å². The van der Waals surface area contributed by atoms with E-state index in [1.165, 1.54) is 22.9 Å². The van der Waals surface area contributed by atoms with E-state index in [1.807, 2.05) is 11.4 Å². The molecule has 2 heterocycles. The Labute approximate surface area is 83.2 Å². The zero-order valence-electron chi connectivity index (χ0n) is 6.56. The van der Waals surface area contributed by atoms with Gasteiger partial charge in [0.1, 0.15) is 0 Å². The Kier molecular flexibility index (Phi) is 2.37. The Morgan fingerprint density at radius 3 is 3.08 bits per heavy atom. The smallest absolute Gasteiger partial charge is 0.265 e. The SMILES string of the molecule is O=C(Nc1cnsc1)c1cccs1. The van der Waals surface area contributed by atoms with Crippen LogP contribution in [0.3, 0.4) is 0 Å². The van der Waals surface area contributed by atoms with E-state index in [4.69, 9.17) is 0 Å². The molecular weight excluding hydrogens is 204 g/mol. The molecule has 0 aliphatic carbocycles. The average Bonchev–Trinajstić information content (AvgIpc) is 2.74. The summed E-state index contributed by atoms with van der Waals surface area (Å²) in [6.45, 7) is 0. The average molecular weight is 210 g/mol. The van der Waals surface area contributed by atoms with Crippen LogP contribution in [0.2, 0.25) is 0 Å². The van der Waals surface area contributed by atoms with Gasteiger partial charge in [-0.3, -0.25) is 4.79 Å². The van der Waals surface area contributed by atoms with Gasteiger partial charge in [0.25, 0.3) is 5.91 Å². The minimum atomic E-state index is -0.0739. The second kappa shape index (κ2) is 3.68. The number of nitrogens with one attached hydrogen (secondary N) is 1. The first kappa shape index (κ1) is 8.40. The van der Waals surface area contributed by atoms with Crippen LogP contribution in [0.15, 0.2) is 29.1 Å². The van der Waals surface area contributed by atoms with Crippen molar-refractivity contribution in [3.8, 4) is 0 Å². The van der Waals surface area contributed by atoms with Crippen molar-refractivity contribution in [2.24, 2.45) is 0 Å². The van der Waals surface area contributed by atoms with E-state index < -0.39 is 0 Å². The summed E-state index contributed by atoms with van der Waals surface area (Å²) < 4.78 is 3.89. The number of thiophene rings is 1. The van der Waals surface area contributed by atoms with Gasteiger partial charge in [0.2, 0.25) is 0 Å². The molecule has 13 heavy (non-hydrogen) atoms. The molecule has 0 spiro atoms. The topological polar surface area (TPSA) is 42.0 Å². The Bertz CT molecular complexity index is 380. The Balaban J connectivity index is 2.08. The number of amides is 1. The highest BCUT2D eigenvalue weighted by Crippen LogP contribution is 2.13. The summed E-state index contributed by atoms with van der Waals surface area (Å²) in [4.78, 5) is 12.2. The van der Waals surface area contributed by atoms with E-state index in [2.05, 4.69) is 9.69 Å². The second-order valence-corrected chi connectivity index (χ2v) is 3.95. The van der Waals surface area contributed by atoms with Crippen LogP contribution in [0, 0.1) is 0 Å². The molecule has 0 aliphatic heterocycles. The molecule has 0 fully saturated rings. The van der Waals surface area contributed by atoms with E-state index in [1.54, 1.807) is 17.6 Å². The summed E-state index contributed by atoms with van der Waals surface area (Å²) in [5.41, 5.74) is 0.753. The number of carbonyl (C=O) groups excluding carboxylic acids is 1. The third-order valence-corrected chi connectivity index (χ3v) is 2.89. The lowest BCUT2D eigenvalue weighted by molar-refractivity contribution is 0.103. The fourth-order valence-electron chi connectivity index (χ4n) is 0.867. The zero-order valence-corrected chi connectivity index (χ0v) is 8.19. The maximum absolute atomic E-state index is 11.4.